The second-order valence-electron chi connectivity index (χ2n) is 5.05. The van der Waals surface area contributed by atoms with Crippen LogP contribution in [0.4, 0.5) is 0 Å². The summed E-state index contributed by atoms with van der Waals surface area (Å²) in [5.41, 5.74) is 6.84. The molecule has 5 heteroatoms. The quantitative estimate of drug-likeness (QED) is 0.829. The van der Waals surface area contributed by atoms with Crippen molar-refractivity contribution in [1.29, 1.82) is 0 Å². The van der Waals surface area contributed by atoms with Crippen LogP contribution in [0.1, 0.15) is 25.3 Å². The minimum absolute atomic E-state index is 0.101. The number of carbonyl (C=O) groups excluding carboxylic acids is 1. The zero-order chi connectivity index (χ0) is 13.7. The topological polar surface area (TPSA) is 71.2 Å². The zero-order valence-electron chi connectivity index (χ0n) is 11.4. The van der Waals surface area contributed by atoms with Crippen molar-refractivity contribution in [3.63, 3.8) is 0 Å². The molecule has 1 fully saturated rings. The fraction of sp³-hybridized carbons (Fsp3) is 0.571. The Kier molecular flexibility index (Phi) is 4.87. The van der Waals surface area contributed by atoms with Gasteiger partial charge in [-0.25, -0.2) is 0 Å². The highest BCUT2D eigenvalue weighted by Crippen LogP contribution is 2.18. The molecule has 104 valence electrons. The second kappa shape index (κ2) is 6.63. The van der Waals surface area contributed by atoms with Crippen LogP contribution in [0, 0.1) is 0 Å². The second-order valence-corrected chi connectivity index (χ2v) is 5.05. The molecule has 1 aromatic heterocycles. The van der Waals surface area contributed by atoms with Crippen LogP contribution in [0.3, 0.4) is 0 Å². The predicted octanol–water partition coefficient (Wildman–Crippen LogP) is 0.509. The van der Waals surface area contributed by atoms with Crippen molar-refractivity contribution in [3.8, 4) is 0 Å². The number of hydrogen-bond donors (Lipinski definition) is 2. The van der Waals surface area contributed by atoms with Crippen LogP contribution in [0.25, 0.3) is 0 Å². The molecular weight excluding hydrogens is 240 g/mol. The molecule has 2 rings (SSSR count). The highest BCUT2D eigenvalue weighted by molar-refractivity contribution is 5.82. The van der Waals surface area contributed by atoms with Gasteiger partial charge < -0.3 is 11.1 Å². The first-order valence-corrected chi connectivity index (χ1v) is 6.85. The highest BCUT2D eigenvalue weighted by Gasteiger charge is 2.31. The Labute approximate surface area is 114 Å². The third-order valence-electron chi connectivity index (χ3n) is 3.69. The minimum Gasteiger partial charge on any atom is -0.355 e. The molecule has 1 amide bonds. The van der Waals surface area contributed by atoms with Gasteiger partial charge in [0.1, 0.15) is 0 Å². The van der Waals surface area contributed by atoms with Gasteiger partial charge in [0.25, 0.3) is 0 Å². The molecule has 0 aliphatic carbocycles. The van der Waals surface area contributed by atoms with Crippen molar-refractivity contribution in [2.24, 2.45) is 5.73 Å². The van der Waals surface area contributed by atoms with Crippen LogP contribution in [-0.4, -0.2) is 41.0 Å². The fourth-order valence-electron chi connectivity index (χ4n) is 2.57. The average Bonchev–Trinajstić information content (AvgIpc) is 2.54. The van der Waals surface area contributed by atoms with E-state index in [1.54, 1.807) is 12.4 Å². The first kappa shape index (κ1) is 14.0. The Bertz CT molecular complexity index is 409. The van der Waals surface area contributed by atoms with E-state index in [0.717, 1.165) is 19.5 Å². The maximum atomic E-state index is 12.1. The van der Waals surface area contributed by atoms with E-state index in [-0.39, 0.29) is 11.9 Å². The molecule has 2 unspecified atom stereocenters. The lowest BCUT2D eigenvalue weighted by atomic mass is 10.1. The Morgan fingerprint density at radius 2 is 2.21 bits per heavy atom. The first-order chi connectivity index (χ1) is 9.22. The molecule has 2 atom stereocenters. The van der Waals surface area contributed by atoms with Gasteiger partial charge in [-0.05, 0) is 44.0 Å². The fourth-order valence-corrected chi connectivity index (χ4v) is 2.57. The Morgan fingerprint density at radius 3 is 2.89 bits per heavy atom. The Hall–Kier alpha value is -1.46. The predicted molar refractivity (Wildman–Crippen MR) is 74.3 cm³/mol. The Morgan fingerprint density at radius 1 is 1.47 bits per heavy atom. The van der Waals surface area contributed by atoms with Crippen LogP contribution in [0.5, 0.6) is 0 Å². The van der Waals surface area contributed by atoms with Gasteiger partial charge in [-0.3, -0.25) is 14.7 Å². The summed E-state index contributed by atoms with van der Waals surface area (Å²) in [6.07, 6.45) is 5.24. The maximum Gasteiger partial charge on any atom is 0.237 e. The van der Waals surface area contributed by atoms with Crippen molar-refractivity contribution >= 4 is 5.91 Å². The smallest absolute Gasteiger partial charge is 0.237 e. The molecule has 1 aliphatic heterocycles. The molecule has 0 aromatic carbocycles. The first-order valence-electron chi connectivity index (χ1n) is 6.85. The monoisotopic (exact) mass is 262 g/mol. The summed E-state index contributed by atoms with van der Waals surface area (Å²) in [5.74, 6) is 0.101. The van der Waals surface area contributed by atoms with Crippen LogP contribution in [-0.2, 0) is 11.3 Å². The van der Waals surface area contributed by atoms with Gasteiger partial charge in [0, 0.05) is 31.5 Å². The van der Waals surface area contributed by atoms with E-state index < -0.39 is 0 Å². The summed E-state index contributed by atoms with van der Waals surface area (Å²) >= 11 is 0. The lowest BCUT2D eigenvalue weighted by molar-refractivity contribution is -0.126. The van der Waals surface area contributed by atoms with Crippen molar-refractivity contribution in [2.75, 3.05) is 13.1 Å². The van der Waals surface area contributed by atoms with Crippen LogP contribution in [0.2, 0.25) is 0 Å². The lowest BCUT2D eigenvalue weighted by Crippen LogP contribution is -2.47. The average molecular weight is 262 g/mol. The number of nitrogens with two attached hydrogens (primary N) is 1. The number of nitrogens with one attached hydrogen (secondary N) is 1. The maximum absolute atomic E-state index is 12.1. The van der Waals surface area contributed by atoms with Gasteiger partial charge >= 0.3 is 0 Å². The van der Waals surface area contributed by atoms with Gasteiger partial charge in [0.05, 0.1) is 6.04 Å². The van der Waals surface area contributed by atoms with E-state index in [0.29, 0.717) is 19.0 Å². The number of rotatable bonds is 4. The van der Waals surface area contributed by atoms with Crippen molar-refractivity contribution in [1.82, 2.24) is 15.2 Å². The number of amides is 1. The number of nitrogens with zero attached hydrogens (tertiary/aromatic N) is 2. The van der Waals surface area contributed by atoms with Crippen molar-refractivity contribution in [2.45, 2.75) is 38.4 Å². The van der Waals surface area contributed by atoms with Gasteiger partial charge in [-0.1, -0.05) is 0 Å². The van der Waals surface area contributed by atoms with E-state index >= 15 is 0 Å². The molecule has 19 heavy (non-hydrogen) atoms. The van der Waals surface area contributed by atoms with E-state index in [4.69, 9.17) is 5.73 Å². The third kappa shape index (κ3) is 3.52. The molecule has 5 nitrogen and oxygen atoms in total. The summed E-state index contributed by atoms with van der Waals surface area (Å²) in [6, 6.07) is 4.23. The number of pyridine rings is 1. The van der Waals surface area contributed by atoms with Crippen LogP contribution >= 0.6 is 0 Å². The summed E-state index contributed by atoms with van der Waals surface area (Å²) in [5, 5.41) is 2.98. The highest BCUT2D eigenvalue weighted by atomic mass is 16.2. The van der Waals surface area contributed by atoms with Crippen molar-refractivity contribution < 1.29 is 4.79 Å². The van der Waals surface area contributed by atoms with Gasteiger partial charge in [0.2, 0.25) is 5.91 Å². The standard InChI is InChI=1S/C14H22N4O/c1-11-3-9-17-14(19)13(2-6-15)18(11)10-12-4-7-16-8-5-12/h4-5,7-8,11,13H,2-3,6,9-10,15H2,1H3,(H,17,19). The molecular formula is C14H22N4O. The van der Waals surface area contributed by atoms with E-state index in [2.05, 4.69) is 22.1 Å². The van der Waals surface area contributed by atoms with Crippen molar-refractivity contribution in [3.05, 3.63) is 30.1 Å². The molecule has 1 aromatic rings. The largest absolute Gasteiger partial charge is 0.355 e. The SMILES string of the molecule is CC1CCNC(=O)C(CCN)N1Cc1ccncc1. The van der Waals surface area contributed by atoms with Crippen LogP contribution < -0.4 is 11.1 Å². The summed E-state index contributed by atoms with van der Waals surface area (Å²) in [4.78, 5) is 18.4. The van der Waals surface area contributed by atoms with Crippen LogP contribution in [0.15, 0.2) is 24.5 Å². The lowest BCUT2D eigenvalue weighted by Gasteiger charge is -2.32. The van der Waals surface area contributed by atoms with Gasteiger partial charge in [-0.15, -0.1) is 0 Å². The van der Waals surface area contributed by atoms with E-state index in [1.807, 2.05) is 12.1 Å². The molecule has 1 saturated heterocycles. The zero-order valence-corrected chi connectivity index (χ0v) is 11.4. The molecule has 0 radical (unpaired) electrons. The number of aromatic nitrogens is 1. The van der Waals surface area contributed by atoms with Gasteiger partial charge in [-0.2, -0.15) is 0 Å². The summed E-state index contributed by atoms with van der Waals surface area (Å²) in [7, 11) is 0. The molecule has 0 bridgehead atoms. The minimum atomic E-state index is -0.129. The van der Waals surface area contributed by atoms with E-state index in [9.17, 15) is 4.79 Å². The normalized spacial score (nSPS) is 24.8. The summed E-state index contributed by atoms with van der Waals surface area (Å²) in [6.45, 7) is 4.21. The molecule has 3 N–H and O–H groups in total. The Balaban J connectivity index is 2.17. The summed E-state index contributed by atoms with van der Waals surface area (Å²) < 4.78 is 0. The molecule has 0 spiro atoms. The van der Waals surface area contributed by atoms with Gasteiger partial charge in [0.15, 0.2) is 0 Å². The number of carbonyl (C=O) groups is 1. The third-order valence-corrected chi connectivity index (χ3v) is 3.69. The van der Waals surface area contributed by atoms with E-state index in [1.165, 1.54) is 5.56 Å². The molecule has 0 saturated carbocycles. The molecule has 1 aliphatic rings. The molecule has 2 heterocycles. The number of hydrogen-bond acceptors (Lipinski definition) is 4.